The van der Waals surface area contributed by atoms with Crippen molar-refractivity contribution in [2.24, 2.45) is 4.99 Å². The van der Waals surface area contributed by atoms with E-state index in [0.717, 1.165) is 24.5 Å². The summed E-state index contributed by atoms with van der Waals surface area (Å²) in [5.74, 6) is 0.767. The lowest BCUT2D eigenvalue weighted by Gasteiger charge is -2.12. The molecule has 0 saturated carbocycles. The van der Waals surface area contributed by atoms with Gasteiger partial charge in [-0.25, -0.2) is 8.42 Å². The van der Waals surface area contributed by atoms with E-state index in [-0.39, 0.29) is 0 Å². The van der Waals surface area contributed by atoms with Gasteiger partial charge < -0.3 is 10.6 Å². The average Bonchev–Trinajstić information content (AvgIpc) is 2.49. The highest BCUT2D eigenvalue weighted by Crippen LogP contribution is 2.10. The Morgan fingerprint density at radius 2 is 1.77 bits per heavy atom. The number of benzene rings is 1. The first-order valence-electron chi connectivity index (χ1n) is 7.71. The van der Waals surface area contributed by atoms with Crippen LogP contribution in [0.5, 0.6) is 0 Å². The van der Waals surface area contributed by atoms with Gasteiger partial charge in [-0.15, -0.1) is 0 Å². The topological polar surface area (TPSA) is 70.6 Å². The highest BCUT2D eigenvalue weighted by Gasteiger charge is 2.06. The Balaban J connectivity index is 2.40. The van der Waals surface area contributed by atoms with Crippen molar-refractivity contribution in [1.29, 1.82) is 0 Å². The third-order valence-corrected chi connectivity index (χ3v) is 4.49. The molecule has 0 amide bonds. The van der Waals surface area contributed by atoms with Gasteiger partial charge in [0.25, 0.3) is 0 Å². The van der Waals surface area contributed by atoms with Gasteiger partial charge in [0.05, 0.1) is 4.90 Å². The van der Waals surface area contributed by atoms with E-state index in [4.69, 9.17) is 0 Å². The molecule has 0 atom stereocenters. The zero-order valence-corrected chi connectivity index (χ0v) is 14.5. The fraction of sp³-hybridized carbons (Fsp3) is 0.562. The Morgan fingerprint density at radius 3 is 2.32 bits per heavy atom. The van der Waals surface area contributed by atoms with Gasteiger partial charge in [-0.2, -0.15) is 0 Å². The van der Waals surface area contributed by atoms with Crippen molar-refractivity contribution in [3.8, 4) is 0 Å². The quantitative estimate of drug-likeness (QED) is 0.437. The molecule has 0 aliphatic carbocycles. The predicted molar refractivity (Wildman–Crippen MR) is 91.9 cm³/mol. The van der Waals surface area contributed by atoms with Crippen molar-refractivity contribution in [1.82, 2.24) is 10.6 Å². The number of hydrogen-bond donors (Lipinski definition) is 2. The Labute approximate surface area is 134 Å². The summed E-state index contributed by atoms with van der Waals surface area (Å²) in [6.07, 6.45) is 6.08. The van der Waals surface area contributed by atoms with E-state index in [1.54, 1.807) is 19.2 Å². The van der Waals surface area contributed by atoms with Crippen LogP contribution in [0.15, 0.2) is 34.2 Å². The van der Waals surface area contributed by atoms with Gasteiger partial charge in [0, 0.05) is 26.4 Å². The van der Waals surface area contributed by atoms with Crippen LogP contribution in [0.4, 0.5) is 0 Å². The van der Waals surface area contributed by atoms with Crippen molar-refractivity contribution in [2.75, 3.05) is 19.8 Å². The van der Waals surface area contributed by atoms with E-state index in [0.29, 0.717) is 11.4 Å². The van der Waals surface area contributed by atoms with Crippen molar-refractivity contribution in [2.45, 2.75) is 44.0 Å². The Hall–Kier alpha value is -1.56. The lowest BCUT2D eigenvalue weighted by Crippen LogP contribution is -2.37. The normalized spacial score (nSPS) is 12.2. The van der Waals surface area contributed by atoms with Crippen LogP contribution in [0.1, 0.15) is 38.2 Å². The van der Waals surface area contributed by atoms with Crippen molar-refractivity contribution in [3.63, 3.8) is 0 Å². The molecule has 0 fully saturated rings. The van der Waals surface area contributed by atoms with Crippen LogP contribution in [0.2, 0.25) is 0 Å². The van der Waals surface area contributed by atoms with Gasteiger partial charge in [0.2, 0.25) is 0 Å². The Kier molecular flexibility index (Phi) is 7.95. The first-order chi connectivity index (χ1) is 10.5. The lowest BCUT2D eigenvalue weighted by molar-refractivity contribution is 0.602. The molecule has 0 unspecified atom stereocenters. The van der Waals surface area contributed by atoms with E-state index >= 15 is 0 Å². The summed E-state index contributed by atoms with van der Waals surface area (Å²) in [7, 11) is -1.39. The molecule has 124 valence electrons. The fourth-order valence-corrected chi connectivity index (χ4v) is 2.65. The van der Waals surface area contributed by atoms with Crippen LogP contribution in [-0.4, -0.2) is 34.2 Å². The zero-order chi connectivity index (χ0) is 16.4. The second-order valence-electron chi connectivity index (χ2n) is 5.33. The molecule has 0 aliphatic rings. The zero-order valence-electron chi connectivity index (χ0n) is 13.7. The predicted octanol–water partition coefficient (Wildman–Crippen LogP) is 2.34. The second-order valence-corrected chi connectivity index (χ2v) is 7.35. The molecule has 0 saturated heterocycles. The number of sulfone groups is 1. The van der Waals surface area contributed by atoms with Gasteiger partial charge in [-0.05, 0) is 24.1 Å². The van der Waals surface area contributed by atoms with Crippen LogP contribution in [0.3, 0.4) is 0 Å². The molecule has 6 heteroatoms. The molecular weight excluding hydrogens is 298 g/mol. The second kappa shape index (κ2) is 9.46. The van der Waals surface area contributed by atoms with Gasteiger partial charge in [0.1, 0.15) is 0 Å². The summed E-state index contributed by atoms with van der Waals surface area (Å²) in [4.78, 5) is 4.52. The summed E-state index contributed by atoms with van der Waals surface area (Å²) in [6, 6.07) is 6.90. The molecule has 0 bridgehead atoms. The fourth-order valence-electron chi connectivity index (χ4n) is 2.02. The minimum absolute atomic E-state index is 0.342. The molecule has 0 heterocycles. The van der Waals surface area contributed by atoms with Gasteiger partial charge in [-0.3, -0.25) is 4.99 Å². The van der Waals surface area contributed by atoms with Crippen molar-refractivity contribution in [3.05, 3.63) is 29.8 Å². The molecule has 0 spiro atoms. The van der Waals surface area contributed by atoms with Crippen molar-refractivity contribution >= 4 is 15.8 Å². The molecule has 1 aromatic rings. The maximum Gasteiger partial charge on any atom is 0.191 e. The average molecular weight is 325 g/mol. The molecule has 0 radical (unpaired) electrons. The number of nitrogens with zero attached hydrogens (tertiary/aromatic N) is 1. The summed E-state index contributed by atoms with van der Waals surface area (Å²) in [5, 5.41) is 6.50. The Morgan fingerprint density at radius 1 is 1.09 bits per heavy atom. The highest BCUT2D eigenvalue weighted by molar-refractivity contribution is 7.90. The van der Waals surface area contributed by atoms with Gasteiger partial charge in [-0.1, -0.05) is 38.3 Å². The third kappa shape index (κ3) is 6.93. The maximum absolute atomic E-state index is 11.4. The van der Waals surface area contributed by atoms with Crippen LogP contribution >= 0.6 is 0 Å². The van der Waals surface area contributed by atoms with Gasteiger partial charge in [0.15, 0.2) is 15.8 Å². The molecule has 0 aromatic heterocycles. The van der Waals surface area contributed by atoms with E-state index in [1.807, 2.05) is 12.1 Å². The van der Waals surface area contributed by atoms with Gasteiger partial charge >= 0.3 is 0 Å². The van der Waals surface area contributed by atoms with Crippen molar-refractivity contribution < 1.29 is 8.42 Å². The van der Waals surface area contributed by atoms with E-state index in [9.17, 15) is 8.42 Å². The maximum atomic E-state index is 11.4. The molecule has 5 nitrogen and oxygen atoms in total. The summed E-state index contributed by atoms with van der Waals surface area (Å²) >= 11 is 0. The minimum atomic E-state index is -3.13. The summed E-state index contributed by atoms with van der Waals surface area (Å²) in [6.45, 7) is 3.72. The SMILES string of the molecule is CCCCCCNC(=NC)NCc1ccc(S(C)(=O)=O)cc1. The first kappa shape index (κ1) is 18.5. The van der Waals surface area contributed by atoms with Crippen LogP contribution in [0.25, 0.3) is 0 Å². The van der Waals surface area contributed by atoms with Crippen LogP contribution in [0, 0.1) is 0 Å². The number of unbranched alkanes of at least 4 members (excludes halogenated alkanes) is 3. The standard InChI is InChI=1S/C16H27N3O2S/c1-4-5-6-7-12-18-16(17-2)19-13-14-8-10-15(11-9-14)22(3,20)21/h8-11H,4-7,12-13H2,1-3H3,(H2,17,18,19). The molecule has 1 aromatic carbocycles. The summed E-state index contributed by atoms with van der Waals surface area (Å²) in [5.41, 5.74) is 1.02. The van der Waals surface area contributed by atoms with E-state index < -0.39 is 9.84 Å². The van der Waals surface area contributed by atoms with E-state index in [1.165, 1.54) is 25.5 Å². The third-order valence-electron chi connectivity index (χ3n) is 3.36. The number of aliphatic imine (C=N–C) groups is 1. The van der Waals surface area contributed by atoms with Crippen LogP contribution in [-0.2, 0) is 16.4 Å². The van der Waals surface area contributed by atoms with Crippen LogP contribution < -0.4 is 10.6 Å². The number of hydrogen-bond acceptors (Lipinski definition) is 3. The number of nitrogens with one attached hydrogen (secondary N) is 2. The number of rotatable bonds is 8. The molecule has 1 rings (SSSR count). The van der Waals surface area contributed by atoms with E-state index in [2.05, 4.69) is 22.5 Å². The largest absolute Gasteiger partial charge is 0.356 e. The first-order valence-corrected chi connectivity index (χ1v) is 9.60. The number of guanidine groups is 1. The molecular formula is C16H27N3O2S. The molecule has 22 heavy (non-hydrogen) atoms. The summed E-state index contributed by atoms with van der Waals surface area (Å²) < 4.78 is 22.8. The monoisotopic (exact) mass is 325 g/mol. The lowest BCUT2D eigenvalue weighted by atomic mass is 10.2. The Bertz CT molecular complexity index is 566. The minimum Gasteiger partial charge on any atom is -0.356 e. The highest BCUT2D eigenvalue weighted by atomic mass is 32.2. The smallest absolute Gasteiger partial charge is 0.191 e. The molecule has 0 aliphatic heterocycles. The molecule has 2 N–H and O–H groups in total.